The van der Waals surface area contributed by atoms with E-state index in [1.54, 1.807) is 36.2 Å². The number of carbonyl (C=O) groups is 3. The van der Waals surface area contributed by atoms with Crippen molar-refractivity contribution in [2.24, 2.45) is 0 Å². The van der Waals surface area contributed by atoms with Crippen LogP contribution in [0.4, 0.5) is 16.3 Å². The number of hydrogen-bond acceptors (Lipinski definition) is 7. The van der Waals surface area contributed by atoms with Gasteiger partial charge in [0.15, 0.2) is 0 Å². The fraction of sp³-hybridized carbons (Fsp3) is 0.310. The van der Waals surface area contributed by atoms with Crippen molar-refractivity contribution in [2.75, 3.05) is 36.5 Å². The number of carboxylic acids is 1. The van der Waals surface area contributed by atoms with Crippen LogP contribution in [0.2, 0.25) is 0 Å². The zero-order chi connectivity index (χ0) is 27.6. The predicted molar refractivity (Wildman–Crippen MR) is 146 cm³/mol. The van der Waals surface area contributed by atoms with Crippen LogP contribution in [-0.2, 0) is 20.9 Å². The molecule has 0 spiro atoms. The monoisotopic (exact) mass is 532 g/mol. The molecule has 2 unspecified atom stereocenters. The first kappa shape index (κ1) is 27.6. The number of amides is 2. The number of anilines is 2. The summed E-state index contributed by atoms with van der Waals surface area (Å²) in [4.78, 5) is 45.0. The number of para-hydroxylation sites is 1. The quantitative estimate of drug-likeness (QED) is 0.380. The highest BCUT2D eigenvalue weighted by molar-refractivity contribution is 6.02. The molecule has 1 aromatic heterocycles. The largest absolute Gasteiger partial charge is 0.478 e. The van der Waals surface area contributed by atoms with E-state index in [9.17, 15) is 19.5 Å². The summed E-state index contributed by atoms with van der Waals surface area (Å²) >= 11 is 0. The lowest BCUT2D eigenvalue weighted by atomic mass is 10.1. The minimum absolute atomic E-state index is 0.0431. The van der Waals surface area contributed by atoms with Gasteiger partial charge < -0.3 is 29.7 Å². The third kappa shape index (κ3) is 7.32. The number of aromatic nitrogens is 1. The molecule has 204 valence electrons. The average molecular weight is 533 g/mol. The SMILES string of the molecule is CCN(C(=O)COC1CC(CNc2ccccn2)N(C(=O)OCc2ccccc2)C1)c1ccccc1C(=O)O. The molecule has 3 aromatic rings. The van der Waals surface area contributed by atoms with Crippen LogP contribution < -0.4 is 10.2 Å². The molecule has 0 aliphatic carbocycles. The van der Waals surface area contributed by atoms with Gasteiger partial charge in [0, 0.05) is 19.3 Å². The predicted octanol–water partition coefficient (Wildman–Crippen LogP) is 4.04. The van der Waals surface area contributed by atoms with E-state index >= 15 is 0 Å². The number of ether oxygens (including phenoxy) is 2. The van der Waals surface area contributed by atoms with Gasteiger partial charge in [0.05, 0.1) is 29.9 Å². The maximum atomic E-state index is 13.1. The highest BCUT2D eigenvalue weighted by Crippen LogP contribution is 2.24. The van der Waals surface area contributed by atoms with Gasteiger partial charge in [0.25, 0.3) is 5.91 Å². The first-order valence-electron chi connectivity index (χ1n) is 12.8. The number of pyridine rings is 1. The number of carboxylic acid groups (broad SMARTS) is 1. The van der Waals surface area contributed by atoms with Crippen molar-refractivity contribution < 1.29 is 29.0 Å². The molecular weight excluding hydrogens is 500 g/mol. The van der Waals surface area contributed by atoms with E-state index in [4.69, 9.17) is 9.47 Å². The van der Waals surface area contributed by atoms with Crippen LogP contribution in [0, 0.1) is 0 Å². The van der Waals surface area contributed by atoms with Crippen LogP contribution in [0.25, 0.3) is 0 Å². The van der Waals surface area contributed by atoms with Crippen molar-refractivity contribution in [1.29, 1.82) is 0 Å². The summed E-state index contributed by atoms with van der Waals surface area (Å²) in [5.74, 6) is -0.786. The molecular formula is C29H32N4O6. The summed E-state index contributed by atoms with van der Waals surface area (Å²) in [5.41, 5.74) is 1.24. The van der Waals surface area contributed by atoms with Crippen LogP contribution in [0.5, 0.6) is 0 Å². The van der Waals surface area contributed by atoms with Crippen LogP contribution in [-0.4, -0.2) is 71.3 Å². The van der Waals surface area contributed by atoms with E-state index in [-0.39, 0.29) is 43.8 Å². The van der Waals surface area contributed by atoms with Gasteiger partial charge in [-0.1, -0.05) is 48.5 Å². The van der Waals surface area contributed by atoms with Crippen molar-refractivity contribution in [2.45, 2.75) is 32.1 Å². The van der Waals surface area contributed by atoms with Crippen molar-refractivity contribution in [3.8, 4) is 0 Å². The Morgan fingerprint density at radius 1 is 1.05 bits per heavy atom. The van der Waals surface area contributed by atoms with Gasteiger partial charge in [-0.25, -0.2) is 14.6 Å². The lowest BCUT2D eigenvalue weighted by Crippen LogP contribution is -2.40. The fourth-order valence-corrected chi connectivity index (χ4v) is 4.54. The minimum atomic E-state index is -1.11. The van der Waals surface area contributed by atoms with Crippen LogP contribution in [0.15, 0.2) is 79.0 Å². The lowest BCUT2D eigenvalue weighted by Gasteiger charge is -2.24. The third-order valence-electron chi connectivity index (χ3n) is 6.48. The van der Waals surface area contributed by atoms with Gasteiger partial charge in [-0.2, -0.15) is 0 Å². The maximum absolute atomic E-state index is 13.1. The Morgan fingerprint density at radius 2 is 1.79 bits per heavy atom. The van der Waals surface area contributed by atoms with E-state index in [0.717, 1.165) is 5.56 Å². The summed E-state index contributed by atoms with van der Waals surface area (Å²) in [6.45, 7) is 2.64. The highest BCUT2D eigenvalue weighted by Gasteiger charge is 2.37. The van der Waals surface area contributed by atoms with E-state index in [1.807, 2.05) is 48.5 Å². The molecule has 4 rings (SSSR count). The number of carbonyl (C=O) groups excluding carboxylic acids is 2. The molecule has 10 nitrogen and oxygen atoms in total. The second-order valence-electron chi connectivity index (χ2n) is 9.07. The van der Waals surface area contributed by atoms with Gasteiger partial charge in [0.2, 0.25) is 0 Å². The first-order valence-corrected chi connectivity index (χ1v) is 12.8. The number of hydrogen-bond donors (Lipinski definition) is 2. The molecule has 1 aliphatic rings. The van der Waals surface area contributed by atoms with Crippen LogP contribution in [0.3, 0.4) is 0 Å². The van der Waals surface area contributed by atoms with Gasteiger partial charge in [-0.05, 0) is 43.2 Å². The van der Waals surface area contributed by atoms with Crippen LogP contribution in [0.1, 0.15) is 29.3 Å². The van der Waals surface area contributed by atoms with Crippen molar-refractivity contribution in [3.63, 3.8) is 0 Å². The minimum Gasteiger partial charge on any atom is -0.478 e. The molecule has 2 atom stereocenters. The second kappa shape index (κ2) is 13.4. The summed E-state index contributed by atoms with van der Waals surface area (Å²) in [5, 5.41) is 12.8. The van der Waals surface area contributed by atoms with Gasteiger partial charge >= 0.3 is 12.1 Å². The maximum Gasteiger partial charge on any atom is 0.410 e. The first-order chi connectivity index (χ1) is 19.0. The number of likely N-dealkylation sites (tertiary alicyclic amines) is 1. The molecule has 1 fully saturated rings. The van der Waals surface area contributed by atoms with Crippen molar-refractivity contribution in [3.05, 3.63) is 90.1 Å². The Hall–Kier alpha value is -4.44. The number of nitrogens with zero attached hydrogens (tertiary/aromatic N) is 3. The Kier molecular flexibility index (Phi) is 9.47. The summed E-state index contributed by atoms with van der Waals surface area (Å²) in [7, 11) is 0. The molecule has 2 N–H and O–H groups in total. The molecule has 2 heterocycles. The fourth-order valence-electron chi connectivity index (χ4n) is 4.54. The third-order valence-corrected chi connectivity index (χ3v) is 6.48. The molecule has 2 aromatic carbocycles. The Morgan fingerprint density at radius 3 is 2.51 bits per heavy atom. The van der Waals surface area contributed by atoms with E-state index in [2.05, 4.69) is 10.3 Å². The van der Waals surface area contributed by atoms with Crippen molar-refractivity contribution >= 4 is 29.5 Å². The van der Waals surface area contributed by atoms with Gasteiger partial charge in [-0.15, -0.1) is 0 Å². The molecule has 1 saturated heterocycles. The zero-order valence-electron chi connectivity index (χ0n) is 21.7. The summed E-state index contributed by atoms with van der Waals surface area (Å²) < 4.78 is 11.5. The number of rotatable bonds is 11. The molecule has 0 radical (unpaired) electrons. The van der Waals surface area contributed by atoms with Crippen molar-refractivity contribution in [1.82, 2.24) is 9.88 Å². The average Bonchev–Trinajstić information content (AvgIpc) is 3.38. The zero-order valence-corrected chi connectivity index (χ0v) is 21.7. The normalized spacial score (nSPS) is 16.5. The molecule has 0 saturated carbocycles. The number of aromatic carboxylic acids is 1. The van der Waals surface area contributed by atoms with Crippen LogP contribution >= 0.6 is 0 Å². The molecule has 0 bridgehead atoms. The Bertz CT molecular complexity index is 1260. The van der Waals surface area contributed by atoms with Gasteiger partial charge in [0.1, 0.15) is 19.0 Å². The number of benzene rings is 2. The van der Waals surface area contributed by atoms with E-state index in [0.29, 0.717) is 24.5 Å². The standard InChI is InChI=1S/C29H32N4O6/c1-2-32(25-13-7-6-12-24(25)28(35)36)27(34)20-38-23-16-22(17-31-26-14-8-9-15-30-26)33(18-23)29(37)39-19-21-10-4-3-5-11-21/h3-15,22-23H,2,16-20H2,1H3,(H,30,31)(H,35,36). The number of nitrogens with one attached hydrogen (secondary N) is 1. The summed E-state index contributed by atoms with van der Waals surface area (Å²) in [6.07, 6.45) is 1.31. The van der Waals surface area contributed by atoms with Gasteiger partial charge in [-0.3, -0.25) is 4.79 Å². The lowest BCUT2D eigenvalue weighted by molar-refractivity contribution is -0.124. The second-order valence-corrected chi connectivity index (χ2v) is 9.07. The molecule has 1 aliphatic heterocycles. The number of likely N-dealkylation sites (N-methyl/N-ethyl adjacent to an activating group) is 1. The molecule has 10 heteroatoms. The highest BCUT2D eigenvalue weighted by atomic mass is 16.6. The Labute approximate surface area is 227 Å². The Balaban J connectivity index is 1.40. The molecule has 2 amide bonds. The smallest absolute Gasteiger partial charge is 0.410 e. The van der Waals surface area contributed by atoms with E-state index in [1.165, 1.54) is 11.0 Å². The topological polar surface area (TPSA) is 121 Å². The van der Waals surface area contributed by atoms with E-state index < -0.39 is 18.2 Å². The molecule has 39 heavy (non-hydrogen) atoms. The summed E-state index contributed by atoms with van der Waals surface area (Å²) in [6, 6.07) is 21.1.